The van der Waals surface area contributed by atoms with Gasteiger partial charge in [0.15, 0.2) is 0 Å². The van der Waals surface area contributed by atoms with E-state index in [9.17, 15) is 18.0 Å². The van der Waals surface area contributed by atoms with E-state index in [2.05, 4.69) is 0 Å². The number of Topliss-reactive ketones (excluding diaryl/α,β-unsaturated/α-hetero) is 1. The van der Waals surface area contributed by atoms with Crippen LogP contribution in [0.3, 0.4) is 0 Å². The second kappa shape index (κ2) is 2.73. The molecule has 70 valence electrons. The summed E-state index contributed by atoms with van der Waals surface area (Å²) in [5.74, 6) is -1.77. The zero-order valence-electron chi connectivity index (χ0n) is 6.45. The lowest BCUT2D eigenvalue weighted by Crippen LogP contribution is -2.51. The first-order valence-corrected chi connectivity index (χ1v) is 3.77. The Bertz CT molecular complexity index is 193. The first-order valence-electron chi connectivity index (χ1n) is 3.77. The maximum Gasteiger partial charge on any atom is 0.451 e. The highest BCUT2D eigenvalue weighted by Crippen LogP contribution is 2.33. The summed E-state index contributed by atoms with van der Waals surface area (Å²) in [6.07, 6.45) is -3.24. The number of ketones is 1. The van der Waals surface area contributed by atoms with Gasteiger partial charge in [0.1, 0.15) is 0 Å². The summed E-state index contributed by atoms with van der Waals surface area (Å²) in [7, 11) is 0. The molecule has 2 nitrogen and oxygen atoms in total. The Morgan fingerprint density at radius 2 is 1.67 bits per heavy atom. The van der Waals surface area contributed by atoms with Crippen molar-refractivity contribution < 1.29 is 18.0 Å². The fourth-order valence-electron chi connectivity index (χ4n) is 1.52. The molecule has 0 bridgehead atoms. The molecule has 0 aromatic carbocycles. The number of alkyl halides is 3. The molecule has 0 aromatic rings. The molecular weight excluding hydrogens is 171 g/mol. The van der Waals surface area contributed by atoms with Gasteiger partial charge >= 0.3 is 6.18 Å². The van der Waals surface area contributed by atoms with Crippen LogP contribution in [0.25, 0.3) is 0 Å². The maximum atomic E-state index is 11.9. The Balaban J connectivity index is 2.75. The van der Waals surface area contributed by atoms with E-state index in [0.717, 1.165) is 0 Å². The summed E-state index contributed by atoms with van der Waals surface area (Å²) in [5, 5.41) is 0. The van der Waals surface area contributed by atoms with E-state index in [0.29, 0.717) is 12.8 Å². The van der Waals surface area contributed by atoms with Crippen molar-refractivity contribution in [2.75, 3.05) is 0 Å². The van der Waals surface area contributed by atoms with Crippen molar-refractivity contribution in [3.63, 3.8) is 0 Å². The number of hydrogen-bond donors (Lipinski definition) is 1. The smallest absolute Gasteiger partial charge is 0.319 e. The van der Waals surface area contributed by atoms with Crippen molar-refractivity contribution in [1.29, 1.82) is 0 Å². The molecule has 0 atom stereocenters. The molecule has 12 heavy (non-hydrogen) atoms. The molecule has 0 aliphatic heterocycles. The summed E-state index contributed by atoms with van der Waals surface area (Å²) in [6.45, 7) is 0. The van der Waals surface area contributed by atoms with E-state index in [1.54, 1.807) is 0 Å². The molecule has 1 saturated carbocycles. The Hall–Kier alpha value is -0.580. The van der Waals surface area contributed by atoms with Crippen LogP contribution in [-0.2, 0) is 4.79 Å². The SMILES string of the molecule is NC1(C(=O)C(F)(F)F)CCCC1. The second-order valence-electron chi connectivity index (χ2n) is 3.19. The third kappa shape index (κ3) is 1.60. The van der Waals surface area contributed by atoms with E-state index < -0.39 is 17.5 Å². The van der Waals surface area contributed by atoms with Gasteiger partial charge in [-0.2, -0.15) is 13.2 Å². The standard InChI is InChI=1S/C7H10F3NO/c8-7(9,10)5(12)6(11)3-1-2-4-6/h1-4,11H2. The molecule has 0 spiro atoms. The van der Waals surface area contributed by atoms with E-state index in [1.165, 1.54) is 0 Å². The normalized spacial score (nSPS) is 22.7. The van der Waals surface area contributed by atoms with Crippen LogP contribution < -0.4 is 5.73 Å². The minimum atomic E-state index is -4.78. The molecule has 0 saturated heterocycles. The molecular formula is C7H10F3NO. The van der Waals surface area contributed by atoms with Crippen LogP contribution >= 0.6 is 0 Å². The first-order chi connectivity index (χ1) is 5.36. The van der Waals surface area contributed by atoms with Crippen molar-refractivity contribution in [2.24, 2.45) is 5.73 Å². The highest BCUT2D eigenvalue weighted by atomic mass is 19.4. The van der Waals surface area contributed by atoms with Crippen molar-refractivity contribution in [2.45, 2.75) is 37.4 Å². The van der Waals surface area contributed by atoms with Gasteiger partial charge in [0.05, 0.1) is 5.54 Å². The van der Waals surface area contributed by atoms with E-state index in [1.807, 2.05) is 0 Å². The number of halogens is 3. The van der Waals surface area contributed by atoms with Crippen molar-refractivity contribution in [3.8, 4) is 0 Å². The Morgan fingerprint density at radius 3 is 2.00 bits per heavy atom. The van der Waals surface area contributed by atoms with Crippen LogP contribution in [0.1, 0.15) is 25.7 Å². The quantitative estimate of drug-likeness (QED) is 0.664. The van der Waals surface area contributed by atoms with Crippen LogP contribution in [0.15, 0.2) is 0 Å². The van der Waals surface area contributed by atoms with Gasteiger partial charge in [-0.05, 0) is 12.8 Å². The second-order valence-corrected chi connectivity index (χ2v) is 3.19. The number of carbonyl (C=O) groups is 1. The zero-order valence-corrected chi connectivity index (χ0v) is 6.45. The van der Waals surface area contributed by atoms with Gasteiger partial charge in [0.25, 0.3) is 5.78 Å². The summed E-state index contributed by atoms with van der Waals surface area (Å²) in [5.41, 5.74) is 3.69. The Labute approximate surface area is 67.9 Å². The molecule has 0 aromatic heterocycles. The van der Waals surface area contributed by atoms with E-state index in [4.69, 9.17) is 5.73 Å². The molecule has 1 aliphatic carbocycles. The molecule has 0 amide bonds. The van der Waals surface area contributed by atoms with Crippen LogP contribution in [-0.4, -0.2) is 17.5 Å². The lowest BCUT2D eigenvalue weighted by molar-refractivity contribution is -0.176. The molecule has 5 heteroatoms. The average molecular weight is 181 g/mol. The largest absolute Gasteiger partial charge is 0.451 e. The van der Waals surface area contributed by atoms with E-state index in [-0.39, 0.29) is 12.8 Å². The molecule has 0 radical (unpaired) electrons. The van der Waals surface area contributed by atoms with Crippen LogP contribution in [0, 0.1) is 0 Å². The van der Waals surface area contributed by atoms with Gasteiger partial charge in [0.2, 0.25) is 0 Å². The van der Waals surface area contributed by atoms with Crippen LogP contribution in [0.5, 0.6) is 0 Å². The molecule has 1 aliphatic rings. The average Bonchev–Trinajstić information content (AvgIpc) is 2.34. The van der Waals surface area contributed by atoms with Gasteiger partial charge in [-0.25, -0.2) is 0 Å². The predicted molar refractivity (Wildman–Crippen MR) is 36.4 cm³/mol. The fourth-order valence-corrected chi connectivity index (χ4v) is 1.52. The third-order valence-electron chi connectivity index (χ3n) is 2.21. The first kappa shape index (κ1) is 9.51. The molecule has 2 N–H and O–H groups in total. The molecule has 1 rings (SSSR count). The summed E-state index contributed by atoms with van der Waals surface area (Å²) in [6, 6.07) is 0. The summed E-state index contributed by atoms with van der Waals surface area (Å²) in [4.78, 5) is 10.7. The van der Waals surface area contributed by atoms with Crippen LogP contribution in [0.2, 0.25) is 0 Å². The van der Waals surface area contributed by atoms with Gasteiger partial charge < -0.3 is 5.73 Å². The lowest BCUT2D eigenvalue weighted by atomic mass is 9.93. The number of carbonyl (C=O) groups excluding carboxylic acids is 1. The summed E-state index contributed by atoms with van der Waals surface area (Å²) < 4.78 is 35.8. The predicted octanol–water partition coefficient (Wildman–Crippen LogP) is 1.39. The minimum absolute atomic E-state index is 0.158. The zero-order chi connectivity index (χ0) is 9.41. The van der Waals surface area contributed by atoms with Gasteiger partial charge in [-0.15, -0.1) is 0 Å². The number of rotatable bonds is 1. The van der Waals surface area contributed by atoms with Crippen molar-refractivity contribution in [1.82, 2.24) is 0 Å². The van der Waals surface area contributed by atoms with Crippen LogP contribution in [0.4, 0.5) is 13.2 Å². The van der Waals surface area contributed by atoms with E-state index >= 15 is 0 Å². The van der Waals surface area contributed by atoms with Crippen molar-refractivity contribution in [3.05, 3.63) is 0 Å². The molecule has 1 fully saturated rings. The molecule has 0 unspecified atom stereocenters. The Kier molecular flexibility index (Phi) is 2.16. The lowest BCUT2D eigenvalue weighted by Gasteiger charge is -2.22. The third-order valence-corrected chi connectivity index (χ3v) is 2.21. The highest BCUT2D eigenvalue weighted by Gasteiger charge is 2.51. The van der Waals surface area contributed by atoms with Gasteiger partial charge in [-0.1, -0.05) is 12.8 Å². The van der Waals surface area contributed by atoms with Gasteiger partial charge in [-0.3, -0.25) is 4.79 Å². The molecule has 0 heterocycles. The minimum Gasteiger partial charge on any atom is -0.319 e. The van der Waals surface area contributed by atoms with Crippen molar-refractivity contribution >= 4 is 5.78 Å². The van der Waals surface area contributed by atoms with Gasteiger partial charge in [0, 0.05) is 0 Å². The Morgan fingerprint density at radius 1 is 1.25 bits per heavy atom. The fraction of sp³-hybridized carbons (Fsp3) is 0.857. The number of nitrogens with two attached hydrogens (primary N) is 1. The highest BCUT2D eigenvalue weighted by molar-refractivity contribution is 5.93. The topological polar surface area (TPSA) is 43.1 Å². The monoisotopic (exact) mass is 181 g/mol. The summed E-state index contributed by atoms with van der Waals surface area (Å²) >= 11 is 0. The number of hydrogen-bond acceptors (Lipinski definition) is 2. The maximum absolute atomic E-state index is 11.9.